The Kier molecular flexibility index (Phi) is 4.59. The molecular weight excluding hydrogens is 226 g/mol. The van der Waals surface area contributed by atoms with Crippen LogP contribution in [0.2, 0.25) is 0 Å². The molecule has 0 radical (unpaired) electrons. The van der Waals surface area contributed by atoms with Crippen LogP contribution in [-0.4, -0.2) is 31.1 Å². The fourth-order valence-corrected chi connectivity index (χ4v) is 2.26. The fraction of sp³-hybridized carbons (Fsp3) is 0.500. The molecule has 98 valence electrons. The summed E-state index contributed by atoms with van der Waals surface area (Å²) in [4.78, 5) is 13.9. The second kappa shape index (κ2) is 6.40. The summed E-state index contributed by atoms with van der Waals surface area (Å²) in [5.41, 5.74) is 2.05. The third-order valence-electron chi connectivity index (χ3n) is 3.20. The van der Waals surface area contributed by atoms with Gasteiger partial charge in [0, 0.05) is 25.3 Å². The van der Waals surface area contributed by atoms with Crippen molar-refractivity contribution in [2.24, 2.45) is 0 Å². The first-order chi connectivity index (χ1) is 8.79. The Morgan fingerprint density at radius 3 is 2.78 bits per heavy atom. The van der Waals surface area contributed by atoms with E-state index in [1.165, 1.54) is 12.0 Å². The van der Waals surface area contributed by atoms with Crippen LogP contribution < -0.4 is 10.6 Å². The maximum Gasteiger partial charge on any atom is 0.321 e. The molecule has 1 heterocycles. The van der Waals surface area contributed by atoms with Crippen molar-refractivity contribution >= 4 is 11.7 Å². The highest BCUT2D eigenvalue weighted by Gasteiger charge is 2.16. The molecule has 4 nitrogen and oxygen atoms in total. The van der Waals surface area contributed by atoms with Gasteiger partial charge in [-0.15, -0.1) is 0 Å². The molecular formula is C14H21N3O. The van der Waals surface area contributed by atoms with Crippen molar-refractivity contribution in [3.63, 3.8) is 0 Å². The zero-order chi connectivity index (χ0) is 12.8. The molecule has 1 aliphatic rings. The number of likely N-dealkylation sites (tertiary alicyclic amines) is 1. The Balaban J connectivity index is 1.95. The van der Waals surface area contributed by atoms with Crippen LogP contribution in [0.15, 0.2) is 24.3 Å². The van der Waals surface area contributed by atoms with Crippen LogP contribution in [0.1, 0.15) is 24.8 Å². The first-order valence-corrected chi connectivity index (χ1v) is 6.59. The summed E-state index contributed by atoms with van der Waals surface area (Å²) in [5.74, 6) is 0. The van der Waals surface area contributed by atoms with E-state index in [0.717, 1.165) is 38.2 Å². The van der Waals surface area contributed by atoms with Gasteiger partial charge in [-0.1, -0.05) is 12.1 Å². The number of amides is 2. The summed E-state index contributed by atoms with van der Waals surface area (Å²) in [6.07, 6.45) is 3.47. The minimum Gasteiger partial charge on any atom is -0.325 e. The number of carbonyl (C=O) groups is 1. The molecule has 0 saturated carbocycles. The summed E-state index contributed by atoms with van der Waals surface area (Å²) < 4.78 is 0. The Morgan fingerprint density at radius 1 is 1.28 bits per heavy atom. The van der Waals surface area contributed by atoms with Crippen molar-refractivity contribution < 1.29 is 4.79 Å². The molecule has 0 spiro atoms. The number of hydrogen-bond acceptors (Lipinski definition) is 2. The molecule has 1 aliphatic heterocycles. The van der Waals surface area contributed by atoms with Crippen LogP contribution in [-0.2, 0) is 6.54 Å². The van der Waals surface area contributed by atoms with Crippen LogP contribution in [0.25, 0.3) is 0 Å². The van der Waals surface area contributed by atoms with E-state index in [1.807, 2.05) is 36.2 Å². The summed E-state index contributed by atoms with van der Waals surface area (Å²) in [5, 5.41) is 6.07. The number of urea groups is 1. The van der Waals surface area contributed by atoms with E-state index in [0.29, 0.717) is 0 Å². The predicted octanol–water partition coefficient (Wildman–Crippen LogP) is 2.42. The van der Waals surface area contributed by atoms with Gasteiger partial charge in [-0.2, -0.15) is 0 Å². The van der Waals surface area contributed by atoms with E-state index in [9.17, 15) is 4.79 Å². The zero-order valence-electron chi connectivity index (χ0n) is 10.9. The molecule has 0 aliphatic carbocycles. The highest BCUT2D eigenvalue weighted by atomic mass is 16.2. The van der Waals surface area contributed by atoms with Crippen LogP contribution in [0.5, 0.6) is 0 Å². The summed E-state index contributed by atoms with van der Waals surface area (Å²) >= 11 is 0. The number of nitrogens with one attached hydrogen (secondary N) is 2. The monoisotopic (exact) mass is 247 g/mol. The molecule has 0 unspecified atom stereocenters. The largest absolute Gasteiger partial charge is 0.325 e. The number of rotatable bonds is 3. The number of carbonyl (C=O) groups excluding carboxylic acids is 1. The lowest BCUT2D eigenvalue weighted by Gasteiger charge is -2.26. The van der Waals surface area contributed by atoms with Crippen LogP contribution in [0, 0.1) is 0 Å². The summed E-state index contributed by atoms with van der Waals surface area (Å²) in [6.45, 7) is 2.57. The number of nitrogens with zero attached hydrogens (tertiary/aromatic N) is 1. The molecule has 1 fully saturated rings. The van der Waals surface area contributed by atoms with Gasteiger partial charge in [0.05, 0.1) is 0 Å². The van der Waals surface area contributed by atoms with Crippen LogP contribution in [0.3, 0.4) is 0 Å². The van der Waals surface area contributed by atoms with Crippen LogP contribution >= 0.6 is 0 Å². The van der Waals surface area contributed by atoms with Crippen LogP contribution in [0.4, 0.5) is 10.5 Å². The fourth-order valence-electron chi connectivity index (χ4n) is 2.26. The molecule has 4 heteroatoms. The van der Waals surface area contributed by atoms with Crippen molar-refractivity contribution in [3.05, 3.63) is 29.8 Å². The number of anilines is 1. The lowest BCUT2D eigenvalue weighted by atomic mass is 10.1. The standard InChI is InChI=1S/C14H21N3O/c1-15-11-12-6-5-7-13(10-12)16-14(18)17-8-3-2-4-9-17/h5-7,10,15H,2-4,8-9,11H2,1H3,(H,16,18). The topological polar surface area (TPSA) is 44.4 Å². The van der Waals surface area contributed by atoms with E-state index in [2.05, 4.69) is 10.6 Å². The van der Waals surface area contributed by atoms with Crippen molar-refractivity contribution in [2.45, 2.75) is 25.8 Å². The third-order valence-corrected chi connectivity index (χ3v) is 3.20. The highest BCUT2D eigenvalue weighted by molar-refractivity contribution is 5.89. The maximum absolute atomic E-state index is 12.0. The first-order valence-electron chi connectivity index (χ1n) is 6.59. The quantitative estimate of drug-likeness (QED) is 0.861. The molecule has 2 rings (SSSR count). The Hall–Kier alpha value is -1.55. The molecule has 1 aromatic carbocycles. The Bertz CT molecular complexity index is 400. The first kappa shape index (κ1) is 12.9. The van der Waals surface area contributed by atoms with Gasteiger partial charge in [-0.25, -0.2) is 4.79 Å². The van der Waals surface area contributed by atoms with E-state index in [4.69, 9.17) is 0 Å². The SMILES string of the molecule is CNCc1cccc(NC(=O)N2CCCCC2)c1. The van der Waals surface area contributed by atoms with E-state index < -0.39 is 0 Å². The average molecular weight is 247 g/mol. The number of piperidine rings is 1. The Morgan fingerprint density at radius 2 is 2.06 bits per heavy atom. The van der Waals surface area contributed by atoms with Gasteiger partial charge in [0.25, 0.3) is 0 Å². The average Bonchev–Trinajstić information content (AvgIpc) is 2.40. The second-order valence-corrected chi connectivity index (χ2v) is 4.71. The van der Waals surface area contributed by atoms with E-state index in [-0.39, 0.29) is 6.03 Å². The molecule has 0 atom stereocenters. The predicted molar refractivity (Wildman–Crippen MR) is 73.6 cm³/mol. The summed E-state index contributed by atoms with van der Waals surface area (Å²) in [6, 6.07) is 7.99. The van der Waals surface area contributed by atoms with Crippen molar-refractivity contribution in [3.8, 4) is 0 Å². The van der Waals surface area contributed by atoms with Gasteiger partial charge in [0.2, 0.25) is 0 Å². The maximum atomic E-state index is 12.0. The zero-order valence-corrected chi connectivity index (χ0v) is 10.9. The molecule has 0 bridgehead atoms. The normalized spacial score (nSPS) is 15.5. The van der Waals surface area contributed by atoms with E-state index >= 15 is 0 Å². The number of hydrogen-bond donors (Lipinski definition) is 2. The Labute approximate surface area is 108 Å². The lowest BCUT2D eigenvalue weighted by Crippen LogP contribution is -2.38. The molecule has 2 amide bonds. The van der Waals surface area contributed by atoms with Crippen molar-refractivity contribution in [1.29, 1.82) is 0 Å². The van der Waals surface area contributed by atoms with E-state index in [1.54, 1.807) is 0 Å². The van der Waals surface area contributed by atoms with Gasteiger partial charge in [-0.3, -0.25) is 0 Å². The number of benzene rings is 1. The molecule has 1 aromatic rings. The van der Waals surface area contributed by atoms with Gasteiger partial charge in [0.1, 0.15) is 0 Å². The molecule has 2 N–H and O–H groups in total. The third kappa shape index (κ3) is 3.47. The highest BCUT2D eigenvalue weighted by Crippen LogP contribution is 2.14. The minimum atomic E-state index is 0.0244. The van der Waals surface area contributed by atoms with Gasteiger partial charge < -0.3 is 15.5 Å². The smallest absolute Gasteiger partial charge is 0.321 e. The van der Waals surface area contributed by atoms with Gasteiger partial charge in [-0.05, 0) is 44.0 Å². The van der Waals surface area contributed by atoms with Gasteiger partial charge >= 0.3 is 6.03 Å². The molecule has 18 heavy (non-hydrogen) atoms. The molecule has 0 aromatic heterocycles. The summed E-state index contributed by atoms with van der Waals surface area (Å²) in [7, 11) is 1.92. The second-order valence-electron chi connectivity index (χ2n) is 4.71. The molecule has 1 saturated heterocycles. The minimum absolute atomic E-state index is 0.0244. The van der Waals surface area contributed by atoms with Crippen molar-refractivity contribution in [1.82, 2.24) is 10.2 Å². The van der Waals surface area contributed by atoms with Crippen molar-refractivity contribution in [2.75, 3.05) is 25.5 Å². The lowest BCUT2D eigenvalue weighted by molar-refractivity contribution is 0.200. The van der Waals surface area contributed by atoms with Gasteiger partial charge in [0.15, 0.2) is 0 Å².